The second-order valence-electron chi connectivity index (χ2n) is 8.22. The lowest BCUT2D eigenvalue weighted by Gasteiger charge is -2.12. The van der Waals surface area contributed by atoms with Gasteiger partial charge in [0, 0.05) is 5.75 Å². The van der Waals surface area contributed by atoms with Gasteiger partial charge in [0.1, 0.15) is 5.03 Å². The zero-order valence-corrected chi connectivity index (χ0v) is 20.3. The number of nitriles is 1. The molecule has 0 spiro atoms. The van der Waals surface area contributed by atoms with Crippen LogP contribution in [0.4, 0.5) is 0 Å². The summed E-state index contributed by atoms with van der Waals surface area (Å²) in [6.07, 6.45) is 1.82. The maximum absolute atomic E-state index is 9.01. The molecule has 5 aromatic rings. The first-order chi connectivity index (χ1) is 17.1. The van der Waals surface area contributed by atoms with Crippen LogP contribution in [-0.4, -0.2) is 30.0 Å². The van der Waals surface area contributed by atoms with E-state index in [-0.39, 0.29) is 0 Å². The Bertz CT molecular complexity index is 1500. The van der Waals surface area contributed by atoms with Crippen molar-refractivity contribution in [1.82, 2.24) is 30.0 Å². The minimum atomic E-state index is 0.469. The lowest BCUT2D eigenvalue weighted by atomic mass is 10.1. The van der Waals surface area contributed by atoms with E-state index >= 15 is 0 Å². The van der Waals surface area contributed by atoms with Crippen molar-refractivity contribution < 1.29 is 0 Å². The molecule has 3 aromatic carbocycles. The quantitative estimate of drug-likeness (QED) is 0.294. The number of aromatic nitrogens is 6. The van der Waals surface area contributed by atoms with E-state index in [4.69, 9.17) is 10.4 Å². The molecule has 0 aliphatic carbocycles. The van der Waals surface area contributed by atoms with E-state index < -0.39 is 0 Å². The maximum atomic E-state index is 9.01. The van der Waals surface area contributed by atoms with Crippen LogP contribution in [0.25, 0.3) is 17.1 Å². The summed E-state index contributed by atoms with van der Waals surface area (Å²) in [7, 11) is 0. The normalized spacial score (nSPS) is 10.9. The molecule has 0 amide bonds. The minimum absolute atomic E-state index is 0.469. The fourth-order valence-electron chi connectivity index (χ4n) is 3.76. The molecule has 7 nitrogen and oxygen atoms in total. The Morgan fingerprint density at radius 2 is 1.71 bits per heavy atom. The number of benzene rings is 3. The molecule has 0 saturated heterocycles. The van der Waals surface area contributed by atoms with Gasteiger partial charge in [0.2, 0.25) is 5.82 Å². The minimum Gasteiger partial charge on any atom is -0.226 e. The largest absolute Gasteiger partial charge is 0.226 e. The average molecular weight is 478 g/mol. The Hall–Kier alpha value is -4.22. The van der Waals surface area contributed by atoms with Crippen LogP contribution < -0.4 is 0 Å². The molecule has 35 heavy (non-hydrogen) atoms. The fraction of sp³-hybridized carbons (Fsp3) is 0.148. The third-order valence-electron chi connectivity index (χ3n) is 5.85. The van der Waals surface area contributed by atoms with E-state index in [2.05, 4.69) is 77.8 Å². The number of hydrogen-bond acceptors (Lipinski definition) is 6. The van der Waals surface area contributed by atoms with Crippen LogP contribution in [0.5, 0.6) is 0 Å². The molecule has 172 valence electrons. The van der Waals surface area contributed by atoms with Gasteiger partial charge in [-0.3, -0.25) is 0 Å². The van der Waals surface area contributed by atoms with Crippen LogP contribution in [0.15, 0.2) is 84.0 Å². The molecule has 8 heteroatoms. The van der Waals surface area contributed by atoms with E-state index in [0.29, 0.717) is 17.9 Å². The third-order valence-corrected chi connectivity index (χ3v) is 6.99. The van der Waals surface area contributed by atoms with Gasteiger partial charge in [-0.25, -0.2) is 4.68 Å². The predicted molar refractivity (Wildman–Crippen MR) is 136 cm³/mol. The summed E-state index contributed by atoms with van der Waals surface area (Å²) in [4.78, 5) is 1.57. The third kappa shape index (κ3) is 4.86. The van der Waals surface area contributed by atoms with E-state index in [1.807, 2.05) is 29.1 Å². The highest BCUT2D eigenvalue weighted by Crippen LogP contribution is 2.34. The fourth-order valence-corrected chi connectivity index (χ4v) is 4.82. The first-order valence-corrected chi connectivity index (χ1v) is 12.2. The first-order valence-electron chi connectivity index (χ1n) is 11.2. The van der Waals surface area contributed by atoms with Crippen LogP contribution in [0, 0.1) is 25.2 Å². The van der Waals surface area contributed by atoms with Gasteiger partial charge >= 0.3 is 0 Å². The molecule has 5 rings (SSSR count). The van der Waals surface area contributed by atoms with Gasteiger partial charge in [0.15, 0.2) is 0 Å². The molecular formula is C27H23N7S. The smallest absolute Gasteiger partial charge is 0.209 e. The van der Waals surface area contributed by atoms with Crippen molar-refractivity contribution in [3.63, 3.8) is 0 Å². The average Bonchev–Trinajstić information content (AvgIpc) is 3.52. The molecule has 0 aliphatic rings. The molecule has 0 unspecified atom stereocenters. The molecule has 0 atom stereocenters. The van der Waals surface area contributed by atoms with Crippen molar-refractivity contribution in [3.8, 4) is 23.1 Å². The summed E-state index contributed by atoms with van der Waals surface area (Å²) in [5, 5.41) is 28.0. The standard InChI is InChI=1S/C27H23N7S/c1-19-7-6-10-25(20(19)2)34-27(35-18-23-8-4-3-5-9-23)24(16-29-34)26-30-32-33(31-26)17-22-13-11-21(15-28)12-14-22/h3-14,16H,17-18H2,1-2H3. The predicted octanol–water partition coefficient (Wildman–Crippen LogP) is 5.35. The van der Waals surface area contributed by atoms with E-state index in [9.17, 15) is 0 Å². The van der Waals surface area contributed by atoms with E-state index in [1.165, 1.54) is 16.7 Å². The molecule has 0 saturated carbocycles. The number of tetrazole rings is 1. The molecule has 0 N–H and O–H groups in total. The maximum Gasteiger partial charge on any atom is 0.209 e. The van der Waals surface area contributed by atoms with Gasteiger partial charge in [0.25, 0.3) is 0 Å². The first kappa shape index (κ1) is 22.6. The topological polar surface area (TPSA) is 85.2 Å². The van der Waals surface area contributed by atoms with Gasteiger partial charge in [-0.05, 0) is 59.5 Å². The van der Waals surface area contributed by atoms with Crippen molar-refractivity contribution in [1.29, 1.82) is 5.26 Å². The Labute approximate surface area is 208 Å². The summed E-state index contributed by atoms with van der Waals surface area (Å²) >= 11 is 1.71. The summed E-state index contributed by atoms with van der Waals surface area (Å²) in [5.74, 6) is 1.33. The highest BCUT2D eigenvalue weighted by atomic mass is 32.2. The summed E-state index contributed by atoms with van der Waals surface area (Å²) in [6.45, 7) is 4.69. The van der Waals surface area contributed by atoms with Crippen molar-refractivity contribution in [2.75, 3.05) is 0 Å². The Morgan fingerprint density at radius 1 is 0.914 bits per heavy atom. The van der Waals surface area contributed by atoms with E-state index in [0.717, 1.165) is 27.6 Å². The zero-order valence-electron chi connectivity index (χ0n) is 19.5. The molecule has 0 bridgehead atoms. The van der Waals surface area contributed by atoms with Gasteiger partial charge in [-0.15, -0.1) is 22.0 Å². The Balaban J connectivity index is 1.49. The molecule has 0 aliphatic heterocycles. The van der Waals surface area contributed by atoms with Crippen LogP contribution in [0.2, 0.25) is 0 Å². The number of nitrogens with zero attached hydrogens (tertiary/aromatic N) is 7. The van der Waals surface area contributed by atoms with Crippen LogP contribution in [0.3, 0.4) is 0 Å². The van der Waals surface area contributed by atoms with Crippen LogP contribution >= 0.6 is 11.8 Å². The Morgan fingerprint density at radius 3 is 2.49 bits per heavy atom. The zero-order chi connectivity index (χ0) is 24.2. The number of aryl methyl sites for hydroxylation is 1. The second kappa shape index (κ2) is 9.95. The lowest BCUT2D eigenvalue weighted by Crippen LogP contribution is -2.04. The highest BCUT2D eigenvalue weighted by molar-refractivity contribution is 7.98. The van der Waals surface area contributed by atoms with Crippen molar-refractivity contribution >= 4 is 11.8 Å². The lowest BCUT2D eigenvalue weighted by molar-refractivity contribution is 0.573. The monoisotopic (exact) mass is 477 g/mol. The molecule has 0 fully saturated rings. The summed E-state index contributed by atoms with van der Waals surface area (Å²) in [6, 6.07) is 26.1. The van der Waals surface area contributed by atoms with Gasteiger partial charge in [0.05, 0.1) is 35.6 Å². The van der Waals surface area contributed by atoms with Gasteiger partial charge < -0.3 is 0 Å². The van der Waals surface area contributed by atoms with Crippen molar-refractivity contribution in [3.05, 3.63) is 107 Å². The number of thioether (sulfide) groups is 1. The van der Waals surface area contributed by atoms with Crippen molar-refractivity contribution in [2.24, 2.45) is 0 Å². The highest BCUT2D eigenvalue weighted by Gasteiger charge is 2.20. The van der Waals surface area contributed by atoms with Gasteiger partial charge in [-0.1, -0.05) is 54.6 Å². The van der Waals surface area contributed by atoms with Crippen LogP contribution in [0.1, 0.15) is 27.8 Å². The number of hydrogen-bond donors (Lipinski definition) is 0. The molecule has 2 heterocycles. The summed E-state index contributed by atoms with van der Waals surface area (Å²) in [5.41, 5.74) is 7.13. The van der Waals surface area contributed by atoms with Gasteiger partial charge in [-0.2, -0.15) is 15.2 Å². The second-order valence-corrected chi connectivity index (χ2v) is 9.18. The molecule has 2 aromatic heterocycles. The molecule has 0 radical (unpaired) electrons. The van der Waals surface area contributed by atoms with Crippen molar-refractivity contribution in [2.45, 2.75) is 31.2 Å². The SMILES string of the molecule is Cc1cccc(-n2ncc(-c3nnn(Cc4ccc(C#N)cc4)n3)c2SCc2ccccc2)c1C. The summed E-state index contributed by atoms with van der Waals surface area (Å²) < 4.78 is 1.98. The number of rotatable bonds is 7. The Kier molecular flexibility index (Phi) is 6.42. The van der Waals surface area contributed by atoms with E-state index in [1.54, 1.807) is 28.7 Å². The van der Waals surface area contributed by atoms with Crippen LogP contribution in [-0.2, 0) is 12.3 Å². The molecular weight excluding hydrogens is 454 g/mol.